The second-order valence-corrected chi connectivity index (χ2v) is 6.08. The van der Waals surface area contributed by atoms with Crippen LogP contribution in [0.25, 0.3) is 11.6 Å². The highest BCUT2D eigenvalue weighted by Gasteiger charge is 2.06. The lowest BCUT2D eigenvalue weighted by Gasteiger charge is -2.11. The minimum atomic E-state index is 1.05. The molecule has 0 unspecified atom stereocenters. The standard InChI is InChI=1S/C25H22/c1-20(2)24(18-21-12-6-3-7-13-21)19-25(22-14-8-4-9-15-22)23-16-10-5-11-17-23/h3-19H,1H2,2H3/b24-18+. The second kappa shape index (κ2) is 8.12. The van der Waals surface area contributed by atoms with Gasteiger partial charge in [0.1, 0.15) is 0 Å². The fourth-order valence-electron chi connectivity index (χ4n) is 2.74. The molecular weight excluding hydrogens is 300 g/mol. The van der Waals surface area contributed by atoms with Crippen molar-refractivity contribution in [1.82, 2.24) is 0 Å². The van der Waals surface area contributed by atoms with Gasteiger partial charge in [0.25, 0.3) is 0 Å². The normalized spacial score (nSPS) is 11.0. The Morgan fingerprint density at radius 3 is 1.56 bits per heavy atom. The van der Waals surface area contributed by atoms with Crippen LogP contribution >= 0.6 is 0 Å². The molecule has 0 saturated heterocycles. The van der Waals surface area contributed by atoms with E-state index >= 15 is 0 Å². The van der Waals surface area contributed by atoms with Gasteiger partial charge in [0.05, 0.1) is 0 Å². The molecule has 0 aliphatic heterocycles. The molecule has 25 heavy (non-hydrogen) atoms. The molecule has 0 heteroatoms. The lowest BCUT2D eigenvalue weighted by molar-refractivity contribution is 1.45. The van der Waals surface area contributed by atoms with Gasteiger partial charge in [0.2, 0.25) is 0 Å². The molecule has 0 amide bonds. The van der Waals surface area contributed by atoms with Crippen LogP contribution in [-0.2, 0) is 0 Å². The Bertz CT molecular complexity index is 841. The molecule has 0 N–H and O–H groups in total. The third kappa shape index (κ3) is 4.45. The zero-order valence-corrected chi connectivity index (χ0v) is 14.5. The molecule has 0 saturated carbocycles. The van der Waals surface area contributed by atoms with Crippen molar-refractivity contribution in [3.8, 4) is 0 Å². The molecule has 0 atom stereocenters. The Morgan fingerprint density at radius 2 is 1.12 bits per heavy atom. The summed E-state index contributed by atoms with van der Waals surface area (Å²) in [4.78, 5) is 0. The van der Waals surface area contributed by atoms with Crippen LogP contribution in [0, 0.1) is 0 Å². The van der Waals surface area contributed by atoms with Gasteiger partial charge in [-0.25, -0.2) is 0 Å². The van der Waals surface area contributed by atoms with Crippen molar-refractivity contribution in [3.63, 3.8) is 0 Å². The predicted octanol–water partition coefficient (Wildman–Crippen LogP) is 6.78. The summed E-state index contributed by atoms with van der Waals surface area (Å²) in [5, 5.41) is 0. The van der Waals surface area contributed by atoms with E-state index in [1.165, 1.54) is 22.3 Å². The van der Waals surface area contributed by atoms with Crippen LogP contribution in [0.2, 0.25) is 0 Å². The van der Waals surface area contributed by atoms with Crippen molar-refractivity contribution >= 4 is 11.6 Å². The zero-order chi connectivity index (χ0) is 17.5. The van der Waals surface area contributed by atoms with Gasteiger partial charge >= 0.3 is 0 Å². The highest BCUT2D eigenvalue weighted by atomic mass is 14.1. The van der Waals surface area contributed by atoms with Crippen molar-refractivity contribution in [2.45, 2.75) is 6.92 Å². The molecular formula is C25H22. The summed E-state index contributed by atoms with van der Waals surface area (Å²) in [6.07, 6.45) is 4.42. The molecule has 0 fully saturated rings. The monoisotopic (exact) mass is 322 g/mol. The van der Waals surface area contributed by atoms with Gasteiger partial charge in [-0.3, -0.25) is 0 Å². The first kappa shape index (κ1) is 16.7. The summed E-state index contributed by atoms with van der Waals surface area (Å²) < 4.78 is 0. The van der Waals surface area contributed by atoms with Crippen LogP contribution in [0.4, 0.5) is 0 Å². The summed E-state index contributed by atoms with van der Waals surface area (Å²) in [6.45, 7) is 6.23. The molecule has 0 radical (unpaired) electrons. The summed E-state index contributed by atoms with van der Waals surface area (Å²) in [7, 11) is 0. The maximum absolute atomic E-state index is 4.18. The summed E-state index contributed by atoms with van der Waals surface area (Å²) >= 11 is 0. The fraction of sp³-hybridized carbons (Fsp3) is 0.0400. The zero-order valence-electron chi connectivity index (χ0n) is 14.5. The molecule has 0 aliphatic carbocycles. The van der Waals surface area contributed by atoms with Gasteiger partial charge in [-0.05, 0) is 46.9 Å². The van der Waals surface area contributed by atoms with Crippen molar-refractivity contribution in [1.29, 1.82) is 0 Å². The smallest absolute Gasteiger partial charge is 0.0105 e. The Hall–Kier alpha value is -3.12. The lowest BCUT2D eigenvalue weighted by atomic mass is 9.93. The van der Waals surface area contributed by atoms with E-state index in [2.05, 4.69) is 98.5 Å². The first-order valence-electron chi connectivity index (χ1n) is 8.49. The Labute approximate surface area is 150 Å². The average Bonchev–Trinajstić information content (AvgIpc) is 2.67. The third-order valence-corrected chi connectivity index (χ3v) is 4.08. The summed E-state index contributed by atoms with van der Waals surface area (Å²) in [6, 6.07) is 31.4. The third-order valence-electron chi connectivity index (χ3n) is 4.08. The first-order valence-corrected chi connectivity index (χ1v) is 8.49. The molecule has 0 aromatic heterocycles. The van der Waals surface area contributed by atoms with Gasteiger partial charge in [0.15, 0.2) is 0 Å². The largest absolute Gasteiger partial charge is 0.0955 e. The summed E-state index contributed by atoms with van der Waals surface area (Å²) in [5.74, 6) is 0. The van der Waals surface area contributed by atoms with E-state index in [-0.39, 0.29) is 0 Å². The van der Waals surface area contributed by atoms with E-state index in [1.807, 2.05) is 18.2 Å². The lowest BCUT2D eigenvalue weighted by Crippen LogP contribution is -1.90. The van der Waals surface area contributed by atoms with E-state index in [4.69, 9.17) is 0 Å². The van der Waals surface area contributed by atoms with Crippen molar-refractivity contribution < 1.29 is 0 Å². The second-order valence-electron chi connectivity index (χ2n) is 6.08. The van der Waals surface area contributed by atoms with Crippen LogP contribution < -0.4 is 0 Å². The number of benzene rings is 3. The molecule has 0 heterocycles. The molecule has 3 aromatic rings. The molecule has 3 rings (SSSR count). The van der Waals surface area contributed by atoms with E-state index in [0.29, 0.717) is 0 Å². The van der Waals surface area contributed by atoms with Crippen LogP contribution in [-0.4, -0.2) is 0 Å². The van der Waals surface area contributed by atoms with E-state index in [0.717, 1.165) is 11.1 Å². The Kier molecular flexibility index (Phi) is 5.43. The van der Waals surface area contributed by atoms with E-state index < -0.39 is 0 Å². The van der Waals surface area contributed by atoms with E-state index in [1.54, 1.807) is 0 Å². The van der Waals surface area contributed by atoms with Crippen molar-refractivity contribution in [2.24, 2.45) is 0 Å². The fourth-order valence-corrected chi connectivity index (χ4v) is 2.74. The van der Waals surface area contributed by atoms with Crippen LogP contribution in [0.3, 0.4) is 0 Å². The van der Waals surface area contributed by atoms with Gasteiger partial charge in [-0.15, -0.1) is 0 Å². The SMILES string of the molecule is C=C(C)/C(C=C(c1ccccc1)c1ccccc1)=C/c1ccccc1. The van der Waals surface area contributed by atoms with Gasteiger partial charge < -0.3 is 0 Å². The topological polar surface area (TPSA) is 0 Å². The van der Waals surface area contributed by atoms with Gasteiger partial charge in [-0.2, -0.15) is 0 Å². The van der Waals surface area contributed by atoms with Gasteiger partial charge in [0, 0.05) is 0 Å². The van der Waals surface area contributed by atoms with Crippen molar-refractivity contribution in [3.05, 3.63) is 131 Å². The average molecular weight is 322 g/mol. The van der Waals surface area contributed by atoms with Gasteiger partial charge in [-0.1, -0.05) is 103 Å². The summed E-state index contributed by atoms with van der Waals surface area (Å²) in [5.41, 5.74) is 6.97. The minimum Gasteiger partial charge on any atom is -0.0955 e. The quantitative estimate of drug-likeness (QED) is 0.454. The highest BCUT2D eigenvalue weighted by Crippen LogP contribution is 2.27. The minimum absolute atomic E-state index is 1.05. The van der Waals surface area contributed by atoms with Crippen molar-refractivity contribution in [2.75, 3.05) is 0 Å². The Balaban J connectivity index is 2.13. The highest BCUT2D eigenvalue weighted by molar-refractivity contribution is 5.83. The maximum atomic E-state index is 4.18. The molecule has 0 aliphatic rings. The van der Waals surface area contributed by atoms with Crippen LogP contribution in [0.5, 0.6) is 0 Å². The predicted molar refractivity (Wildman–Crippen MR) is 109 cm³/mol. The molecule has 0 nitrogen and oxygen atoms in total. The van der Waals surface area contributed by atoms with Crippen LogP contribution in [0.1, 0.15) is 23.6 Å². The number of rotatable bonds is 5. The van der Waals surface area contributed by atoms with Crippen LogP contribution in [0.15, 0.2) is 115 Å². The molecule has 3 aromatic carbocycles. The number of allylic oxidation sites excluding steroid dienone is 3. The first-order chi connectivity index (χ1) is 12.2. The van der Waals surface area contributed by atoms with E-state index in [9.17, 15) is 0 Å². The molecule has 0 spiro atoms. The maximum Gasteiger partial charge on any atom is -0.0105 e. The molecule has 0 bridgehead atoms. The molecule has 122 valence electrons. The number of hydrogen-bond donors (Lipinski definition) is 0. The Morgan fingerprint density at radius 1 is 0.680 bits per heavy atom. The number of hydrogen-bond acceptors (Lipinski definition) is 0.